The van der Waals surface area contributed by atoms with E-state index in [1.807, 2.05) is 17.5 Å². The first-order valence-corrected chi connectivity index (χ1v) is 5.26. The summed E-state index contributed by atoms with van der Waals surface area (Å²) < 4.78 is 1.11. The molecule has 12 heavy (non-hydrogen) atoms. The molecule has 0 spiro atoms. The van der Waals surface area contributed by atoms with Crippen molar-refractivity contribution < 1.29 is 0 Å². The molecule has 0 saturated carbocycles. The monoisotopic (exact) mass is 246 g/mol. The van der Waals surface area contributed by atoms with Gasteiger partial charge in [0, 0.05) is 9.35 Å². The van der Waals surface area contributed by atoms with Gasteiger partial charge in [0.15, 0.2) is 0 Å². The summed E-state index contributed by atoms with van der Waals surface area (Å²) in [7, 11) is 0. The fourth-order valence-electron chi connectivity index (χ4n) is 0.972. The van der Waals surface area contributed by atoms with Gasteiger partial charge < -0.3 is 0 Å². The van der Waals surface area contributed by atoms with Crippen LogP contribution >= 0.6 is 27.3 Å². The highest BCUT2D eigenvalue weighted by atomic mass is 79.9. The lowest BCUT2D eigenvalue weighted by Gasteiger charge is -2.11. The highest BCUT2D eigenvalue weighted by Crippen LogP contribution is 2.30. The normalized spacial score (nSPS) is 12.8. The molecule has 0 aliphatic heterocycles. The van der Waals surface area contributed by atoms with Crippen molar-refractivity contribution in [1.29, 1.82) is 0 Å². The summed E-state index contributed by atoms with van der Waals surface area (Å²) in [5.41, 5.74) is 2.76. The van der Waals surface area contributed by atoms with Crippen molar-refractivity contribution in [3.63, 3.8) is 0 Å². The molecule has 0 aliphatic carbocycles. The quantitative estimate of drug-likeness (QED) is 0.487. The third-order valence-corrected chi connectivity index (χ3v) is 3.55. The van der Waals surface area contributed by atoms with Crippen LogP contribution in [0.3, 0.4) is 0 Å². The number of nitrogens with two attached hydrogens (primary N) is 1. The van der Waals surface area contributed by atoms with Crippen LogP contribution in [0, 0.1) is 0 Å². The van der Waals surface area contributed by atoms with E-state index in [4.69, 9.17) is 5.84 Å². The van der Waals surface area contributed by atoms with Crippen LogP contribution < -0.4 is 11.3 Å². The van der Waals surface area contributed by atoms with E-state index in [1.165, 1.54) is 4.88 Å². The van der Waals surface area contributed by atoms with Crippen molar-refractivity contribution in [2.45, 2.75) is 12.5 Å². The number of halogens is 1. The van der Waals surface area contributed by atoms with Crippen molar-refractivity contribution >= 4 is 27.3 Å². The summed E-state index contributed by atoms with van der Waals surface area (Å²) in [6, 6.07) is 2.20. The van der Waals surface area contributed by atoms with E-state index in [2.05, 4.69) is 27.9 Å². The molecule has 1 atom stereocenters. The lowest BCUT2D eigenvalue weighted by molar-refractivity contribution is 0.569. The van der Waals surface area contributed by atoms with Gasteiger partial charge in [0.2, 0.25) is 0 Å². The minimum absolute atomic E-state index is 0.178. The van der Waals surface area contributed by atoms with Crippen LogP contribution in [0.4, 0.5) is 0 Å². The molecule has 1 aromatic rings. The fourth-order valence-corrected chi connectivity index (χ4v) is 2.70. The van der Waals surface area contributed by atoms with Gasteiger partial charge in [-0.2, -0.15) is 0 Å². The second-order valence-electron chi connectivity index (χ2n) is 2.38. The zero-order valence-corrected chi connectivity index (χ0v) is 8.99. The number of thiophene rings is 1. The fraction of sp³-hybridized carbons (Fsp3) is 0.250. The Balaban J connectivity index is 2.78. The minimum Gasteiger partial charge on any atom is -0.271 e. The van der Waals surface area contributed by atoms with E-state index >= 15 is 0 Å². The second-order valence-corrected chi connectivity index (χ2v) is 4.18. The Hall–Kier alpha value is -0.160. The lowest BCUT2D eigenvalue weighted by atomic mass is 10.2. The van der Waals surface area contributed by atoms with Gasteiger partial charge in [-0.15, -0.1) is 17.9 Å². The Morgan fingerprint density at radius 2 is 2.58 bits per heavy atom. The Morgan fingerprint density at radius 3 is 3.00 bits per heavy atom. The lowest BCUT2D eigenvalue weighted by Crippen LogP contribution is -2.27. The number of hydrogen-bond acceptors (Lipinski definition) is 3. The van der Waals surface area contributed by atoms with Crippen LogP contribution in [-0.4, -0.2) is 0 Å². The topological polar surface area (TPSA) is 38.0 Å². The van der Waals surface area contributed by atoms with Gasteiger partial charge in [0.1, 0.15) is 0 Å². The SMILES string of the molecule is C=CCC(NN)c1sccc1Br. The highest BCUT2D eigenvalue weighted by Gasteiger charge is 2.11. The summed E-state index contributed by atoms with van der Waals surface area (Å²) in [5, 5.41) is 2.03. The van der Waals surface area contributed by atoms with Crippen LogP contribution in [0.1, 0.15) is 17.3 Å². The first-order chi connectivity index (χ1) is 5.79. The molecule has 1 aromatic heterocycles. The summed E-state index contributed by atoms with van der Waals surface area (Å²) in [6.45, 7) is 3.68. The molecule has 0 aliphatic rings. The number of hydrogen-bond donors (Lipinski definition) is 2. The van der Waals surface area contributed by atoms with Crippen molar-refractivity contribution in [3.8, 4) is 0 Å². The smallest absolute Gasteiger partial charge is 0.0598 e. The largest absolute Gasteiger partial charge is 0.271 e. The zero-order valence-electron chi connectivity index (χ0n) is 6.59. The molecular formula is C8H11BrN2S. The molecule has 3 N–H and O–H groups in total. The minimum atomic E-state index is 0.178. The molecule has 0 fully saturated rings. The van der Waals surface area contributed by atoms with Crippen molar-refractivity contribution in [2.75, 3.05) is 0 Å². The van der Waals surface area contributed by atoms with Crippen LogP contribution in [-0.2, 0) is 0 Å². The average Bonchev–Trinajstić information content (AvgIpc) is 2.47. The van der Waals surface area contributed by atoms with Gasteiger partial charge in [-0.1, -0.05) is 6.08 Å². The van der Waals surface area contributed by atoms with E-state index in [-0.39, 0.29) is 6.04 Å². The van der Waals surface area contributed by atoms with E-state index < -0.39 is 0 Å². The molecule has 0 bridgehead atoms. The van der Waals surface area contributed by atoms with E-state index in [0.717, 1.165) is 10.9 Å². The average molecular weight is 247 g/mol. The molecule has 0 radical (unpaired) electrons. The first kappa shape index (κ1) is 9.92. The third kappa shape index (κ3) is 2.17. The van der Waals surface area contributed by atoms with E-state index in [1.54, 1.807) is 11.3 Å². The zero-order chi connectivity index (χ0) is 8.97. The maximum absolute atomic E-state index is 5.41. The number of rotatable bonds is 4. The maximum atomic E-state index is 5.41. The number of hydrazine groups is 1. The highest BCUT2D eigenvalue weighted by molar-refractivity contribution is 9.10. The second kappa shape index (κ2) is 4.77. The maximum Gasteiger partial charge on any atom is 0.0598 e. The molecule has 0 amide bonds. The molecule has 2 nitrogen and oxygen atoms in total. The van der Waals surface area contributed by atoms with Gasteiger partial charge in [0.05, 0.1) is 6.04 Å². The summed E-state index contributed by atoms with van der Waals surface area (Å²) in [4.78, 5) is 1.22. The molecule has 1 heterocycles. The summed E-state index contributed by atoms with van der Waals surface area (Å²) in [6.07, 6.45) is 2.70. The third-order valence-electron chi connectivity index (χ3n) is 1.56. The summed E-state index contributed by atoms with van der Waals surface area (Å²) >= 11 is 5.14. The van der Waals surface area contributed by atoms with Crippen LogP contribution in [0.15, 0.2) is 28.6 Å². The van der Waals surface area contributed by atoms with Crippen molar-refractivity contribution in [2.24, 2.45) is 5.84 Å². The van der Waals surface area contributed by atoms with Gasteiger partial charge >= 0.3 is 0 Å². The molecule has 4 heteroatoms. The van der Waals surface area contributed by atoms with E-state index in [0.29, 0.717) is 0 Å². The molecule has 1 rings (SSSR count). The molecule has 66 valence electrons. The van der Waals surface area contributed by atoms with Gasteiger partial charge in [-0.3, -0.25) is 11.3 Å². The van der Waals surface area contributed by atoms with Crippen molar-refractivity contribution in [1.82, 2.24) is 5.43 Å². The van der Waals surface area contributed by atoms with Crippen molar-refractivity contribution in [3.05, 3.63) is 33.5 Å². The Morgan fingerprint density at radius 1 is 1.83 bits per heavy atom. The predicted octanol–water partition coefficient (Wildman–Crippen LogP) is 2.59. The Labute approximate surface area is 84.6 Å². The van der Waals surface area contributed by atoms with Gasteiger partial charge in [0.25, 0.3) is 0 Å². The molecule has 0 saturated heterocycles. The van der Waals surface area contributed by atoms with Crippen LogP contribution in [0.5, 0.6) is 0 Å². The standard InChI is InChI=1S/C8H11BrN2S/c1-2-3-7(11-10)8-6(9)4-5-12-8/h2,4-5,7,11H,1,3,10H2. The van der Waals surface area contributed by atoms with Crippen LogP contribution in [0.25, 0.3) is 0 Å². The van der Waals surface area contributed by atoms with Crippen LogP contribution in [0.2, 0.25) is 0 Å². The molecular weight excluding hydrogens is 236 g/mol. The summed E-state index contributed by atoms with van der Waals surface area (Å²) in [5.74, 6) is 5.41. The van der Waals surface area contributed by atoms with Gasteiger partial charge in [-0.05, 0) is 33.8 Å². The number of nitrogens with one attached hydrogen (secondary N) is 1. The first-order valence-electron chi connectivity index (χ1n) is 3.59. The molecule has 1 unspecified atom stereocenters. The van der Waals surface area contributed by atoms with Gasteiger partial charge in [-0.25, -0.2) is 0 Å². The predicted molar refractivity (Wildman–Crippen MR) is 56.9 cm³/mol. The Kier molecular flexibility index (Phi) is 3.94. The van der Waals surface area contributed by atoms with E-state index in [9.17, 15) is 0 Å². The Bertz CT molecular complexity index is 259. The molecule has 0 aromatic carbocycles.